The monoisotopic (exact) mass is 320 g/mol. The van der Waals surface area contributed by atoms with Crippen LogP contribution in [0.15, 0.2) is 17.2 Å². The number of carbonyl (C=O) groups excluding carboxylic acids is 1. The number of pyridine rings is 1. The highest BCUT2D eigenvalue weighted by Gasteiger charge is 2.16. The van der Waals surface area contributed by atoms with E-state index in [-0.39, 0.29) is 34.6 Å². The van der Waals surface area contributed by atoms with Gasteiger partial charge in [0.05, 0.1) is 5.02 Å². The number of carbonyl (C=O) groups is 1. The van der Waals surface area contributed by atoms with E-state index in [2.05, 4.69) is 15.0 Å². The normalized spacial score (nSPS) is 11.3. The SMILES string of the molecule is CCCNC(=O)CCNS(=O)(=O)c1cnc(N)c(Cl)c1. The first-order valence-electron chi connectivity index (χ1n) is 6.04. The molecule has 0 unspecified atom stereocenters. The van der Waals surface area contributed by atoms with E-state index in [0.717, 1.165) is 12.6 Å². The second-order valence-corrected chi connectivity index (χ2v) is 6.21. The van der Waals surface area contributed by atoms with Crippen LogP contribution in [-0.2, 0) is 14.8 Å². The summed E-state index contributed by atoms with van der Waals surface area (Å²) >= 11 is 5.72. The number of sulfonamides is 1. The molecule has 1 amide bonds. The topological polar surface area (TPSA) is 114 Å². The summed E-state index contributed by atoms with van der Waals surface area (Å²) in [6, 6.07) is 1.21. The van der Waals surface area contributed by atoms with Crippen molar-refractivity contribution in [3.63, 3.8) is 0 Å². The molecule has 0 spiro atoms. The Hall–Kier alpha value is -1.38. The Balaban J connectivity index is 2.57. The molecular weight excluding hydrogens is 304 g/mol. The van der Waals surface area contributed by atoms with Crippen molar-refractivity contribution < 1.29 is 13.2 Å². The highest BCUT2D eigenvalue weighted by atomic mass is 35.5. The molecule has 0 saturated carbocycles. The van der Waals surface area contributed by atoms with Crippen molar-refractivity contribution in [2.75, 3.05) is 18.8 Å². The molecule has 1 aromatic rings. The fourth-order valence-corrected chi connectivity index (χ4v) is 2.55. The van der Waals surface area contributed by atoms with Crippen molar-refractivity contribution in [3.8, 4) is 0 Å². The minimum absolute atomic E-state index is 0.000123. The summed E-state index contributed by atoms with van der Waals surface area (Å²) in [5.41, 5.74) is 5.41. The highest BCUT2D eigenvalue weighted by molar-refractivity contribution is 7.89. The van der Waals surface area contributed by atoms with E-state index in [1.54, 1.807) is 0 Å². The van der Waals surface area contributed by atoms with Gasteiger partial charge in [0.25, 0.3) is 0 Å². The minimum Gasteiger partial charge on any atom is -0.382 e. The lowest BCUT2D eigenvalue weighted by atomic mass is 10.4. The largest absolute Gasteiger partial charge is 0.382 e. The third-order valence-corrected chi connectivity index (χ3v) is 4.10. The van der Waals surface area contributed by atoms with Crippen LogP contribution in [-0.4, -0.2) is 32.4 Å². The summed E-state index contributed by atoms with van der Waals surface area (Å²) in [7, 11) is -3.75. The molecule has 0 atom stereocenters. The number of nitrogens with one attached hydrogen (secondary N) is 2. The number of nitrogens with two attached hydrogens (primary N) is 1. The number of hydrogen-bond acceptors (Lipinski definition) is 5. The lowest BCUT2D eigenvalue weighted by molar-refractivity contribution is -0.120. The van der Waals surface area contributed by atoms with E-state index in [0.29, 0.717) is 6.54 Å². The van der Waals surface area contributed by atoms with Gasteiger partial charge >= 0.3 is 0 Å². The molecule has 0 aliphatic carbocycles. The predicted octanol–water partition coefficient (Wildman–Crippen LogP) is 0.512. The molecule has 1 aromatic heterocycles. The first-order valence-corrected chi connectivity index (χ1v) is 7.90. The number of anilines is 1. The Morgan fingerprint density at radius 2 is 2.15 bits per heavy atom. The number of nitrogens with zero attached hydrogens (tertiary/aromatic N) is 1. The molecule has 9 heteroatoms. The molecule has 0 aliphatic heterocycles. The van der Waals surface area contributed by atoms with Crippen LogP contribution in [0.3, 0.4) is 0 Å². The van der Waals surface area contributed by atoms with Gasteiger partial charge in [0.1, 0.15) is 10.7 Å². The van der Waals surface area contributed by atoms with E-state index >= 15 is 0 Å². The van der Waals surface area contributed by atoms with Gasteiger partial charge in [-0.3, -0.25) is 4.79 Å². The van der Waals surface area contributed by atoms with Gasteiger partial charge in [-0.15, -0.1) is 0 Å². The maximum atomic E-state index is 11.9. The van der Waals surface area contributed by atoms with Crippen LogP contribution in [0.25, 0.3) is 0 Å². The molecule has 0 aromatic carbocycles. The van der Waals surface area contributed by atoms with Crippen molar-refractivity contribution in [1.29, 1.82) is 0 Å². The average Bonchev–Trinajstić information content (AvgIpc) is 2.39. The molecule has 0 saturated heterocycles. The van der Waals surface area contributed by atoms with Gasteiger partial charge in [-0.2, -0.15) is 0 Å². The maximum absolute atomic E-state index is 11.9. The lowest BCUT2D eigenvalue weighted by Crippen LogP contribution is -2.31. The Morgan fingerprint density at radius 1 is 1.45 bits per heavy atom. The smallest absolute Gasteiger partial charge is 0.242 e. The Morgan fingerprint density at radius 3 is 2.75 bits per heavy atom. The Kier molecular flexibility index (Phi) is 6.18. The van der Waals surface area contributed by atoms with Gasteiger partial charge in [0.2, 0.25) is 15.9 Å². The standard InChI is InChI=1S/C11H17ClN4O3S/c1-2-4-14-10(17)3-5-16-20(18,19)8-6-9(12)11(13)15-7-8/h6-7,16H,2-5H2,1H3,(H2,13,15)(H,14,17). The summed E-state index contributed by atoms with van der Waals surface area (Å²) in [6.45, 7) is 2.50. The number of rotatable bonds is 7. The van der Waals surface area contributed by atoms with Crippen molar-refractivity contribution >= 4 is 33.3 Å². The molecule has 0 fully saturated rings. The van der Waals surface area contributed by atoms with Crippen molar-refractivity contribution in [2.45, 2.75) is 24.7 Å². The highest BCUT2D eigenvalue weighted by Crippen LogP contribution is 2.19. The van der Waals surface area contributed by atoms with Crippen LogP contribution in [0.2, 0.25) is 5.02 Å². The Bertz CT molecular complexity index is 577. The van der Waals surface area contributed by atoms with Crippen molar-refractivity contribution in [3.05, 3.63) is 17.3 Å². The molecule has 1 rings (SSSR count). The first-order chi connectivity index (χ1) is 9.36. The fraction of sp³-hybridized carbons (Fsp3) is 0.455. The van der Waals surface area contributed by atoms with E-state index < -0.39 is 10.0 Å². The molecule has 4 N–H and O–H groups in total. The summed E-state index contributed by atoms with van der Waals surface area (Å²) in [4.78, 5) is 14.9. The van der Waals surface area contributed by atoms with E-state index in [1.165, 1.54) is 6.07 Å². The average molecular weight is 321 g/mol. The summed E-state index contributed by atoms with van der Waals surface area (Å²) < 4.78 is 26.1. The summed E-state index contributed by atoms with van der Waals surface area (Å²) in [5.74, 6) is -0.146. The van der Waals surface area contributed by atoms with Crippen molar-refractivity contribution in [2.24, 2.45) is 0 Å². The number of aromatic nitrogens is 1. The molecule has 112 valence electrons. The van der Waals surface area contributed by atoms with E-state index in [1.807, 2.05) is 6.92 Å². The van der Waals surface area contributed by atoms with Gasteiger partial charge in [0, 0.05) is 25.7 Å². The van der Waals surface area contributed by atoms with Gasteiger partial charge in [-0.25, -0.2) is 18.1 Å². The van der Waals surface area contributed by atoms with Gasteiger partial charge in [0.15, 0.2) is 0 Å². The van der Waals surface area contributed by atoms with Crippen molar-refractivity contribution in [1.82, 2.24) is 15.0 Å². The lowest BCUT2D eigenvalue weighted by Gasteiger charge is -2.07. The molecule has 0 aliphatic rings. The van der Waals surface area contributed by atoms with Crippen LogP contribution >= 0.6 is 11.6 Å². The second-order valence-electron chi connectivity index (χ2n) is 4.04. The fourth-order valence-electron chi connectivity index (χ4n) is 1.31. The van der Waals surface area contributed by atoms with Gasteiger partial charge < -0.3 is 11.1 Å². The van der Waals surface area contributed by atoms with Crippen LogP contribution in [0.5, 0.6) is 0 Å². The minimum atomic E-state index is -3.75. The molecular formula is C11H17ClN4O3S. The molecule has 0 radical (unpaired) electrons. The second kappa shape index (κ2) is 7.41. The quantitative estimate of drug-likeness (QED) is 0.677. The summed E-state index contributed by atoms with van der Waals surface area (Å²) in [6.07, 6.45) is 2.00. The maximum Gasteiger partial charge on any atom is 0.242 e. The van der Waals surface area contributed by atoms with E-state index in [4.69, 9.17) is 17.3 Å². The third-order valence-electron chi connectivity index (χ3n) is 2.37. The van der Waals surface area contributed by atoms with Crippen LogP contribution in [0.1, 0.15) is 19.8 Å². The molecule has 7 nitrogen and oxygen atoms in total. The van der Waals surface area contributed by atoms with Crippen LogP contribution in [0, 0.1) is 0 Å². The first kappa shape index (κ1) is 16.7. The number of amides is 1. The number of hydrogen-bond donors (Lipinski definition) is 3. The third kappa shape index (κ3) is 4.95. The zero-order valence-corrected chi connectivity index (χ0v) is 12.6. The molecule has 1 heterocycles. The summed E-state index contributed by atoms with van der Waals surface area (Å²) in [5, 5.41) is 2.71. The number of nitrogen functional groups attached to an aromatic ring is 1. The zero-order valence-electron chi connectivity index (χ0n) is 11.0. The van der Waals surface area contributed by atoms with E-state index in [9.17, 15) is 13.2 Å². The zero-order chi connectivity index (χ0) is 15.2. The van der Waals surface area contributed by atoms with Gasteiger partial charge in [-0.05, 0) is 12.5 Å². The molecule has 20 heavy (non-hydrogen) atoms. The molecule has 0 bridgehead atoms. The van der Waals surface area contributed by atoms with Crippen LogP contribution in [0.4, 0.5) is 5.82 Å². The number of halogens is 1. The predicted molar refractivity (Wildman–Crippen MR) is 76.8 cm³/mol. The Labute approximate surface area is 123 Å². The van der Waals surface area contributed by atoms with Crippen LogP contribution < -0.4 is 15.8 Å². The van der Waals surface area contributed by atoms with Gasteiger partial charge in [-0.1, -0.05) is 18.5 Å².